The first-order valence-corrected chi connectivity index (χ1v) is 15.2. The van der Waals surface area contributed by atoms with Gasteiger partial charge in [-0.1, -0.05) is 109 Å². The summed E-state index contributed by atoms with van der Waals surface area (Å²) in [6.45, 7) is 0. The molecule has 0 bridgehead atoms. The molecule has 0 unspecified atom stereocenters. The summed E-state index contributed by atoms with van der Waals surface area (Å²) in [5, 5.41) is 5.35. The molecule has 6 aromatic carbocycles. The Bertz CT molecular complexity index is 2440. The number of thiazole rings is 1. The highest BCUT2D eigenvalue weighted by Crippen LogP contribution is 2.41. The standard InChI is InChI=1S/C38H22N4OS/c1-3-11-24(12-4-1)35-40-36(25-13-5-2-6-14-25)42-37(41-35)26-15-9-16-27(22-26)38-39-33-31(44-38)21-20-30-32(33)29-19-18-23-10-7-8-17-28(23)34(29)43-30/h1-22H. The van der Waals surface area contributed by atoms with Crippen LogP contribution in [0.4, 0.5) is 0 Å². The molecule has 0 aliphatic heterocycles. The third kappa shape index (κ3) is 4.07. The number of furan rings is 1. The number of rotatable bonds is 4. The lowest BCUT2D eigenvalue weighted by molar-refractivity contribution is 0.673. The summed E-state index contributed by atoms with van der Waals surface area (Å²) >= 11 is 1.68. The van der Waals surface area contributed by atoms with Gasteiger partial charge >= 0.3 is 0 Å². The topological polar surface area (TPSA) is 64.7 Å². The molecule has 0 N–H and O–H groups in total. The molecule has 0 amide bonds. The van der Waals surface area contributed by atoms with Crippen molar-refractivity contribution in [2.45, 2.75) is 0 Å². The number of hydrogen-bond acceptors (Lipinski definition) is 6. The summed E-state index contributed by atoms with van der Waals surface area (Å²) in [5.41, 5.74) is 6.52. The largest absolute Gasteiger partial charge is 0.455 e. The second kappa shape index (κ2) is 9.93. The lowest BCUT2D eigenvalue weighted by atomic mass is 10.1. The molecule has 5 nitrogen and oxygen atoms in total. The van der Waals surface area contributed by atoms with E-state index in [1.165, 1.54) is 0 Å². The van der Waals surface area contributed by atoms with Gasteiger partial charge in [-0.2, -0.15) is 0 Å². The van der Waals surface area contributed by atoms with Crippen LogP contribution in [0.2, 0.25) is 0 Å². The van der Waals surface area contributed by atoms with E-state index in [9.17, 15) is 0 Å². The van der Waals surface area contributed by atoms with E-state index in [1.807, 2.05) is 72.8 Å². The minimum absolute atomic E-state index is 0.621. The van der Waals surface area contributed by atoms with Crippen molar-refractivity contribution in [3.8, 4) is 44.7 Å². The molecule has 206 valence electrons. The van der Waals surface area contributed by atoms with Crippen molar-refractivity contribution in [3.63, 3.8) is 0 Å². The molecule has 6 heteroatoms. The molecule has 3 heterocycles. The van der Waals surface area contributed by atoms with Crippen LogP contribution < -0.4 is 0 Å². The minimum Gasteiger partial charge on any atom is -0.455 e. The van der Waals surface area contributed by atoms with Crippen LogP contribution in [0.25, 0.3) is 87.7 Å². The van der Waals surface area contributed by atoms with Crippen LogP contribution in [0.15, 0.2) is 138 Å². The van der Waals surface area contributed by atoms with E-state index in [-0.39, 0.29) is 0 Å². The molecule has 0 aliphatic carbocycles. The Balaban J connectivity index is 1.19. The Hall–Kier alpha value is -5.72. The minimum atomic E-state index is 0.621. The summed E-state index contributed by atoms with van der Waals surface area (Å²) in [7, 11) is 0. The van der Waals surface area contributed by atoms with Crippen molar-refractivity contribution < 1.29 is 4.42 Å². The molecule has 9 rings (SSSR count). The summed E-state index contributed by atoms with van der Waals surface area (Å²) in [5.74, 6) is 1.90. The van der Waals surface area contributed by atoms with E-state index in [4.69, 9.17) is 24.4 Å². The van der Waals surface area contributed by atoms with Crippen molar-refractivity contribution in [3.05, 3.63) is 133 Å². The molecule has 0 atom stereocenters. The van der Waals surface area contributed by atoms with Crippen LogP contribution in [-0.4, -0.2) is 19.9 Å². The summed E-state index contributed by atoms with van der Waals surface area (Å²) in [6.07, 6.45) is 0. The van der Waals surface area contributed by atoms with Crippen molar-refractivity contribution >= 4 is 54.3 Å². The van der Waals surface area contributed by atoms with E-state index in [0.29, 0.717) is 17.5 Å². The predicted octanol–water partition coefficient (Wildman–Crippen LogP) is 10.2. The maximum atomic E-state index is 6.40. The van der Waals surface area contributed by atoms with Gasteiger partial charge in [0.25, 0.3) is 0 Å². The van der Waals surface area contributed by atoms with Gasteiger partial charge in [-0.05, 0) is 29.7 Å². The molecule has 9 aromatic rings. The first-order valence-electron chi connectivity index (χ1n) is 14.4. The molecule has 3 aromatic heterocycles. The van der Waals surface area contributed by atoms with Crippen LogP contribution in [0.1, 0.15) is 0 Å². The first kappa shape index (κ1) is 24.8. The zero-order chi connectivity index (χ0) is 29.0. The maximum absolute atomic E-state index is 6.40. The van der Waals surface area contributed by atoms with Crippen LogP contribution in [0.3, 0.4) is 0 Å². The van der Waals surface area contributed by atoms with E-state index >= 15 is 0 Å². The van der Waals surface area contributed by atoms with Gasteiger partial charge in [0.15, 0.2) is 17.5 Å². The highest BCUT2D eigenvalue weighted by molar-refractivity contribution is 7.21. The maximum Gasteiger partial charge on any atom is 0.164 e. The number of aromatic nitrogens is 4. The SMILES string of the molecule is c1ccc(-c2nc(-c3ccccc3)nc(-c3cccc(-c4nc5c(ccc6oc7c8ccccc8ccc7c65)s4)c3)n2)cc1. The second-order valence-electron chi connectivity index (χ2n) is 10.7. The zero-order valence-corrected chi connectivity index (χ0v) is 24.1. The van der Waals surface area contributed by atoms with Gasteiger partial charge in [-0.3, -0.25) is 0 Å². The molecular formula is C38H22N4OS. The van der Waals surface area contributed by atoms with Crippen LogP contribution in [0.5, 0.6) is 0 Å². The van der Waals surface area contributed by atoms with E-state index in [1.54, 1.807) is 11.3 Å². The van der Waals surface area contributed by atoms with Gasteiger partial charge in [-0.15, -0.1) is 11.3 Å². The Morgan fingerprint density at radius 2 is 1.11 bits per heavy atom. The normalized spacial score (nSPS) is 11.6. The van der Waals surface area contributed by atoms with E-state index in [0.717, 1.165) is 70.2 Å². The number of benzene rings is 6. The zero-order valence-electron chi connectivity index (χ0n) is 23.3. The van der Waals surface area contributed by atoms with Crippen LogP contribution in [-0.2, 0) is 0 Å². The monoisotopic (exact) mass is 582 g/mol. The average molecular weight is 583 g/mol. The molecule has 0 aliphatic rings. The molecule has 0 saturated heterocycles. The van der Waals surface area contributed by atoms with Gasteiger partial charge in [0, 0.05) is 33.0 Å². The first-order chi connectivity index (χ1) is 21.8. The highest BCUT2D eigenvalue weighted by Gasteiger charge is 2.18. The Labute approximate surface area is 256 Å². The molecule has 0 radical (unpaired) electrons. The quantitative estimate of drug-likeness (QED) is 0.207. The van der Waals surface area contributed by atoms with Gasteiger partial charge < -0.3 is 4.42 Å². The summed E-state index contributed by atoms with van der Waals surface area (Å²) in [4.78, 5) is 19.9. The predicted molar refractivity (Wildman–Crippen MR) is 180 cm³/mol. The van der Waals surface area contributed by atoms with Gasteiger partial charge in [0.1, 0.15) is 16.2 Å². The number of fused-ring (bicyclic) bond motifs is 7. The molecular weight excluding hydrogens is 561 g/mol. The third-order valence-electron chi connectivity index (χ3n) is 7.95. The number of nitrogens with zero attached hydrogens (tertiary/aromatic N) is 4. The Morgan fingerprint density at radius 1 is 0.477 bits per heavy atom. The van der Waals surface area contributed by atoms with E-state index < -0.39 is 0 Å². The Morgan fingerprint density at radius 3 is 1.86 bits per heavy atom. The third-order valence-corrected chi connectivity index (χ3v) is 9.02. The second-order valence-corrected chi connectivity index (χ2v) is 11.7. The molecule has 0 saturated carbocycles. The van der Waals surface area contributed by atoms with Gasteiger partial charge in [-0.25, -0.2) is 19.9 Å². The van der Waals surface area contributed by atoms with Crippen LogP contribution >= 0.6 is 11.3 Å². The highest BCUT2D eigenvalue weighted by atomic mass is 32.1. The van der Waals surface area contributed by atoms with Gasteiger partial charge in [0.2, 0.25) is 0 Å². The Kier molecular flexibility index (Phi) is 5.61. The lowest BCUT2D eigenvalue weighted by Gasteiger charge is -2.09. The smallest absolute Gasteiger partial charge is 0.164 e. The summed E-state index contributed by atoms with van der Waals surface area (Å²) < 4.78 is 7.52. The van der Waals surface area contributed by atoms with E-state index in [2.05, 4.69) is 60.7 Å². The molecule has 44 heavy (non-hydrogen) atoms. The fourth-order valence-electron chi connectivity index (χ4n) is 5.83. The van der Waals surface area contributed by atoms with Crippen LogP contribution in [0, 0.1) is 0 Å². The average Bonchev–Trinajstić information content (AvgIpc) is 3.71. The van der Waals surface area contributed by atoms with Gasteiger partial charge in [0.05, 0.1) is 15.6 Å². The van der Waals surface area contributed by atoms with Crippen molar-refractivity contribution in [2.75, 3.05) is 0 Å². The lowest BCUT2D eigenvalue weighted by Crippen LogP contribution is -2.00. The number of hydrogen-bond donors (Lipinski definition) is 0. The van der Waals surface area contributed by atoms with Crippen molar-refractivity contribution in [2.24, 2.45) is 0 Å². The molecule has 0 fully saturated rings. The van der Waals surface area contributed by atoms with Crippen molar-refractivity contribution in [1.29, 1.82) is 0 Å². The fraction of sp³-hybridized carbons (Fsp3) is 0. The summed E-state index contributed by atoms with van der Waals surface area (Å²) in [6, 6.07) is 45.2. The molecule has 0 spiro atoms. The fourth-order valence-corrected chi connectivity index (χ4v) is 6.80. The van der Waals surface area contributed by atoms with Crippen molar-refractivity contribution in [1.82, 2.24) is 19.9 Å².